The van der Waals surface area contributed by atoms with Gasteiger partial charge in [-0.05, 0) is 6.92 Å². The van der Waals surface area contributed by atoms with Crippen LogP contribution in [0.15, 0.2) is 16.6 Å². The SMILES string of the molecule is C/C=C(/C=O)C=NC=N. The summed E-state index contributed by atoms with van der Waals surface area (Å²) in [5.74, 6) is 0. The van der Waals surface area contributed by atoms with Crippen LogP contribution in [0.3, 0.4) is 0 Å². The predicted octanol–water partition coefficient (Wildman–Crippen LogP) is 0.809. The minimum Gasteiger partial charge on any atom is -0.298 e. The highest BCUT2D eigenvalue weighted by Crippen LogP contribution is 1.81. The maximum Gasteiger partial charge on any atom is 0.151 e. The van der Waals surface area contributed by atoms with Crippen LogP contribution in [0, 0.1) is 5.41 Å². The number of hydrogen-bond acceptors (Lipinski definition) is 2. The molecule has 1 N–H and O–H groups in total. The Labute approximate surface area is 53.6 Å². The summed E-state index contributed by atoms with van der Waals surface area (Å²) in [4.78, 5) is 13.4. The van der Waals surface area contributed by atoms with Crippen LogP contribution in [-0.2, 0) is 4.79 Å². The molecule has 0 heterocycles. The van der Waals surface area contributed by atoms with Crippen LogP contribution >= 0.6 is 0 Å². The quantitative estimate of drug-likeness (QED) is 0.257. The summed E-state index contributed by atoms with van der Waals surface area (Å²) >= 11 is 0. The van der Waals surface area contributed by atoms with Gasteiger partial charge < -0.3 is 0 Å². The Kier molecular flexibility index (Phi) is 4.22. The molecule has 0 unspecified atom stereocenters. The Morgan fingerprint density at radius 2 is 2.33 bits per heavy atom. The van der Waals surface area contributed by atoms with Crippen molar-refractivity contribution in [3.63, 3.8) is 0 Å². The van der Waals surface area contributed by atoms with Gasteiger partial charge in [-0.15, -0.1) is 0 Å². The lowest BCUT2D eigenvalue weighted by molar-refractivity contribution is -0.104. The molecule has 0 aliphatic heterocycles. The fraction of sp³-hybridized carbons (Fsp3) is 0.167. The van der Waals surface area contributed by atoms with Gasteiger partial charge in [0.05, 0.1) is 0 Å². The Morgan fingerprint density at radius 3 is 2.67 bits per heavy atom. The molecule has 0 spiro atoms. The standard InChI is InChI=1S/C6H8N2O/c1-2-6(4-9)3-8-5-7/h2-5,7H,1H3/b6-2+,7-5?,8-3?. The smallest absolute Gasteiger partial charge is 0.151 e. The normalized spacial score (nSPS) is 11.9. The van der Waals surface area contributed by atoms with Crippen molar-refractivity contribution in [2.75, 3.05) is 0 Å². The van der Waals surface area contributed by atoms with Gasteiger partial charge in [-0.25, -0.2) is 4.99 Å². The van der Waals surface area contributed by atoms with Crippen molar-refractivity contribution >= 4 is 18.8 Å². The molecule has 0 aromatic carbocycles. The Balaban J connectivity index is 3.99. The first-order valence-corrected chi connectivity index (χ1v) is 2.48. The molecule has 0 rings (SSSR count). The molecule has 0 saturated carbocycles. The van der Waals surface area contributed by atoms with E-state index in [0.717, 1.165) is 6.34 Å². The molecule has 0 saturated heterocycles. The largest absolute Gasteiger partial charge is 0.298 e. The second-order valence-electron chi connectivity index (χ2n) is 1.31. The third-order valence-electron chi connectivity index (χ3n) is 0.768. The van der Waals surface area contributed by atoms with E-state index in [2.05, 4.69) is 4.99 Å². The number of nitrogens with zero attached hydrogens (tertiary/aromatic N) is 1. The van der Waals surface area contributed by atoms with Gasteiger partial charge in [0.2, 0.25) is 0 Å². The van der Waals surface area contributed by atoms with Crippen molar-refractivity contribution in [3.05, 3.63) is 11.6 Å². The number of hydrogen-bond donors (Lipinski definition) is 1. The Morgan fingerprint density at radius 1 is 1.67 bits per heavy atom. The summed E-state index contributed by atoms with van der Waals surface area (Å²) in [5.41, 5.74) is 0.485. The number of allylic oxidation sites excluding steroid dienone is 2. The van der Waals surface area contributed by atoms with Crippen molar-refractivity contribution in [2.45, 2.75) is 6.92 Å². The summed E-state index contributed by atoms with van der Waals surface area (Å²) < 4.78 is 0. The van der Waals surface area contributed by atoms with E-state index in [1.807, 2.05) is 0 Å². The van der Waals surface area contributed by atoms with Gasteiger partial charge in [0, 0.05) is 11.8 Å². The van der Waals surface area contributed by atoms with Crippen molar-refractivity contribution < 1.29 is 4.79 Å². The Bertz CT molecular complexity index is 158. The van der Waals surface area contributed by atoms with Gasteiger partial charge in [0.1, 0.15) is 6.34 Å². The number of carbonyl (C=O) groups excluding carboxylic acids is 1. The highest BCUT2D eigenvalue weighted by molar-refractivity contribution is 6.03. The average Bonchev–Trinajstić information content (AvgIpc) is 1.91. The third-order valence-corrected chi connectivity index (χ3v) is 0.768. The molecule has 0 radical (unpaired) electrons. The first kappa shape index (κ1) is 7.75. The van der Waals surface area contributed by atoms with Crippen LogP contribution in [0.2, 0.25) is 0 Å². The average molecular weight is 124 g/mol. The van der Waals surface area contributed by atoms with Crippen LogP contribution in [0.5, 0.6) is 0 Å². The summed E-state index contributed by atoms with van der Waals surface area (Å²) in [7, 11) is 0. The van der Waals surface area contributed by atoms with Crippen LogP contribution in [0.25, 0.3) is 0 Å². The number of carbonyl (C=O) groups is 1. The minimum atomic E-state index is 0.485. The molecule has 3 nitrogen and oxygen atoms in total. The van der Waals surface area contributed by atoms with Crippen molar-refractivity contribution in [3.8, 4) is 0 Å². The van der Waals surface area contributed by atoms with Gasteiger partial charge in [-0.1, -0.05) is 6.08 Å². The molecule has 3 heteroatoms. The van der Waals surface area contributed by atoms with Crippen molar-refractivity contribution in [1.29, 1.82) is 5.41 Å². The zero-order valence-corrected chi connectivity index (χ0v) is 5.16. The summed E-state index contributed by atoms with van der Waals surface area (Å²) in [6, 6.07) is 0. The molecule has 0 aromatic rings. The fourth-order valence-electron chi connectivity index (χ4n) is 0.296. The van der Waals surface area contributed by atoms with Crippen LogP contribution < -0.4 is 0 Å². The molecule has 0 bridgehead atoms. The minimum absolute atomic E-state index is 0.485. The van der Waals surface area contributed by atoms with E-state index in [1.165, 1.54) is 6.21 Å². The van der Waals surface area contributed by atoms with Gasteiger partial charge in [-0.2, -0.15) is 0 Å². The lowest BCUT2D eigenvalue weighted by Gasteiger charge is -1.80. The Hall–Kier alpha value is -1.25. The first-order chi connectivity index (χ1) is 4.35. The van der Waals surface area contributed by atoms with E-state index in [4.69, 9.17) is 5.41 Å². The summed E-state index contributed by atoms with van der Waals surface area (Å²) in [6.07, 6.45) is 4.53. The highest BCUT2D eigenvalue weighted by atomic mass is 16.1. The van der Waals surface area contributed by atoms with Gasteiger partial charge >= 0.3 is 0 Å². The number of rotatable bonds is 3. The molecular formula is C6H8N2O. The molecule has 0 aliphatic carbocycles. The molecular weight excluding hydrogens is 116 g/mol. The predicted molar refractivity (Wildman–Crippen MR) is 37.1 cm³/mol. The van der Waals surface area contributed by atoms with Crippen LogP contribution in [0.1, 0.15) is 6.92 Å². The molecule has 0 fully saturated rings. The molecule has 48 valence electrons. The van der Waals surface area contributed by atoms with E-state index in [0.29, 0.717) is 11.9 Å². The van der Waals surface area contributed by atoms with E-state index < -0.39 is 0 Å². The lowest BCUT2D eigenvalue weighted by atomic mass is 10.3. The second-order valence-corrected chi connectivity index (χ2v) is 1.31. The maximum absolute atomic E-state index is 10.0. The van der Waals surface area contributed by atoms with Crippen molar-refractivity contribution in [1.82, 2.24) is 0 Å². The van der Waals surface area contributed by atoms with E-state index >= 15 is 0 Å². The summed E-state index contributed by atoms with van der Waals surface area (Å²) in [5, 5.41) is 6.48. The maximum atomic E-state index is 10.0. The van der Waals surface area contributed by atoms with Gasteiger partial charge in [0.25, 0.3) is 0 Å². The zero-order chi connectivity index (χ0) is 7.11. The second kappa shape index (κ2) is 4.90. The van der Waals surface area contributed by atoms with E-state index in [-0.39, 0.29) is 0 Å². The zero-order valence-electron chi connectivity index (χ0n) is 5.16. The number of nitrogens with one attached hydrogen (secondary N) is 1. The molecule has 0 atom stereocenters. The van der Waals surface area contributed by atoms with Crippen molar-refractivity contribution in [2.24, 2.45) is 4.99 Å². The first-order valence-electron chi connectivity index (χ1n) is 2.48. The fourth-order valence-corrected chi connectivity index (χ4v) is 0.296. The highest BCUT2D eigenvalue weighted by Gasteiger charge is 1.81. The van der Waals surface area contributed by atoms with Gasteiger partial charge in [0.15, 0.2) is 6.29 Å². The number of aldehydes is 1. The third kappa shape index (κ3) is 3.34. The molecule has 0 aromatic heterocycles. The lowest BCUT2D eigenvalue weighted by Crippen LogP contribution is -1.84. The van der Waals surface area contributed by atoms with Crippen LogP contribution in [0.4, 0.5) is 0 Å². The monoisotopic (exact) mass is 124 g/mol. The topological polar surface area (TPSA) is 53.3 Å². The number of aliphatic imine (C=N–C) groups is 1. The van der Waals surface area contributed by atoms with E-state index in [9.17, 15) is 4.79 Å². The summed E-state index contributed by atoms with van der Waals surface area (Å²) in [6.45, 7) is 1.74. The van der Waals surface area contributed by atoms with Crippen LogP contribution in [-0.4, -0.2) is 18.8 Å². The van der Waals surface area contributed by atoms with E-state index in [1.54, 1.807) is 13.0 Å². The molecule has 0 aliphatic rings. The van der Waals surface area contributed by atoms with Gasteiger partial charge in [-0.3, -0.25) is 10.2 Å². The molecule has 9 heavy (non-hydrogen) atoms. The molecule has 0 amide bonds.